The summed E-state index contributed by atoms with van der Waals surface area (Å²) in [5, 5.41) is 10.0. The molecule has 0 aromatic rings. The lowest BCUT2D eigenvalue weighted by molar-refractivity contribution is -0.123. The monoisotopic (exact) mass is 239 g/mol. The molecule has 0 amide bonds. The van der Waals surface area contributed by atoms with Crippen LogP contribution in [0.15, 0.2) is 0 Å². The van der Waals surface area contributed by atoms with Gasteiger partial charge in [0.1, 0.15) is 5.78 Å². The van der Waals surface area contributed by atoms with E-state index in [1.807, 2.05) is 6.92 Å². The fourth-order valence-electron chi connectivity index (χ4n) is 3.07. The van der Waals surface area contributed by atoms with Crippen molar-refractivity contribution in [2.24, 2.45) is 5.92 Å². The predicted molar refractivity (Wildman–Crippen MR) is 67.9 cm³/mol. The zero-order chi connectivity index (χ0) is 12.3. The number of hydrogen-bond acceptors (Lipinski definition) is 3. The summed E-state index contributed by atoms with van der Waals surface area (Å²) in [4.78, 5) is 14.3. The number of ketones is 1. The van der Waals surface area contributed by atoms with Crippen LogP contribution < -0.4 is 0 Å². The molecule has 2 aliphatic rings. The molecule has 1 heterocycles. The maximum Gasteiger partial charge on any atom is 0.149 e. The summed E-state index contributed by atoms with van der Waals surface area (Å²) < 4.78 is 0. The molecule has 3 heteroatoms. The van der Waals surface area contributed by atoms with E-state index in [1.54, 1.807) is 0 Å². The molecular formula is C14H25NO2. The standard InChI is InChI=1S/C14H25NO2/c1-14(17)7-4-9-15(10-8-14)11-13(16)12-5-2-3-6-12/h12,17H,2-11H2,1H3. The van der Waals surface area contributed by atoms with Crippen molar-refractivity contribution in [2.75, 3.05) is 19.6 Å². The minimum Gasteiger partial charge on any atom is -0.390 e. The van der Waals surface area contributed by atoms with Gasteiger partial charge >= 0.3 is 0 Å². The molecule has 0 aromatic heterocycles. The smallest absolute Gasteiger partial charge is 0.149 e. The first-order valence-electron chi connectivity index (χ1n) is 7.04. The van der Waals surface area contributed by atoms with E-state index in [9.17, 15) is 9.90 Å². The maximum atomic E-state index is 12.1. The van der Waals surface area contributed by atoms with E-state index in [0.717, 1.165) is 45.2 Å². The molecule has 2 fully saturated rings. The second-order valence-electron chi connectivity index (χ2n) is 6.07. The first-order valence-corrected chi connectivity index (χ1v) is 7.04. The lowest BCUT2D eigenvalue weighted by Crippen LogP contribution is -2.34. The van der Waals surface area contributed by atoms with Gasteiger partial charge < -0.3 is 5.11 Å². The highest BCUT2D eigenvalue weighted by Gasteiger charge is 2.28. The number of rotatable bonds is 3. The van der Waals surface area contributed by atoms with Crippen LogP contribution in [0, 0.1) is 5.92 Å². The first kappa shape index (κ1) is 13.0. The van der Waals surface area contributed by atoms with E-state index in [1.165, 1.54) is 12.8 Å². The first-order chi connectivity index (χ1) is 8.07. The Morgan fingerprint density at radius 2 is 1.94 bits per heavy atom. The van der Waals surface area contributed by atoms with E-state index >= 15 is 0 Å². The van der Waals surface area contributed by atoms with Crippen LogP contribution in [-0.4, -0.2) is 41.0 Å². The summed E-state index contributed by atoms with van der Waals surface area (Å²) in [6, 6.07) is 0. The highest BCUT2D eigenvalue weighted by Crippen LogP contribution is 2.26. The van der Waals surface area contributed by atoms with E-state index in [-0.39, 0.29) is 0 Å². The van der Waals surface area contributed by atoms with Crippen molar-refractivity contribution in [1.29, 1.82) is 0 Å². The normalized spacial score (nSPS) is 32.6. The van der Waals surface area contributed by atoms with Crippen molar-refractivity contribution in [3.05, 3.63) is 0 Å². The number of carbonyl (C=O) groups is 1. The molecule has 98 valence electrons. The van der Waals surface area contributed by atoms with Crippen LogP contribution in [0.1, 0.15) is 51.9 Å². The van der Waals surface area contributed by atoms with Crippen LogP contribution in [0.25, 0.3) is 0 Å². The Morgan fingerprint density at radius 3 is 2.65 bits per heavy atom. The van der Waals surface area contributed by atoms with E-state index in [0.29, 0.717) is 18.2 Å². The molecule has 1 saturated heterocycles. The molecule has 1 atom stereocenters. The SMILES string of the molecule is CC1(O)CCCN(CC(=O)C2CCCC2)CC1. The van der Waals surface area contributed by atoms with Crippen LogP contribution in [-0.2, 0) is 4.79 Å². The maximum absolute atomic E-state index is 12.1. The van der Waals surface area contributed by atoms with Crippen LogP contribution in [0.5, 0.6) is 0 Å². The lowest BCUT2D eigenvalue weighted by Gasteiger charge is -2.22. The molecule has 0 aromatic carbocycles. The Balaban J connectivity index is 1.80. The predicted octanol–water partition coefficient (Wildman–Crippen LogP) is 1.98. The van der Waals surface area contributed by atoms with Crippen LogP contribution in [0.3, 0.4) is 0 Å². The fraction of sp³-hybridized carbons (Fsp3) is 0.929. The highest BCUT2D eigenvalue weighted by molar-refractivity contribution is 5.83. The van der Waals surface area contributed by atoms with Crippen molar-refractivity contribution in [3.8, 4) is 0 Å². The Kier molecular flexibility index (Phi) is 4.21. The van der Waals surface area contributed by atoms with Crippen molar-refractivity contribution < 1.29 is 9.90 Å². The molecule has 3 nitrogen and oxygen atoms in total. The molecular weight excluding hydrogens is 214 g/mol. The number of hydrogen-bond donors (Lipinski definition) is 1. The molecule has 1 aliphatic carbocycles. The summed E-state index contributed by atoms with van der Waals surface area (Å²) in [6.07, 6.45) is 7.32. The molecule has 0 radical (unpaired) electrons. The average molecular weight is 239 g/mol. The lowest BCUT2D eigenvalue weighted by atomic mass is 9.98. The van der Waals surface area contributed by atoms with Gasteiger partial charge in [0.2, 0.25) is 0 Å². The second-order valence-corrected chi connectivity index (χ2v) is 6.07. The third kappa shape index (κ3) is 3.78. The van der Waals surface area contributed by atoms with Crippen molar-refractivity contribution in [1.82, 2.24) is 4.90 Å². The number of carbonyl (C=O) groups excluding carboxylic acids is 1. The van der Waals surface area contributed by atoms with Crippen LogP contribution in [0.2, 0.25) is 0 Å². The van der Waals surface area contributed by atoms with Gasteiger partial charge in [-0.05, 0) is 45.6 Å². The molecule has 1 N–H and O–H groups in total. The molecule has 1 saturated carbocycles. The number of Topliss-reactive ketones (excluding diaryl/α,β-unsaturated/α-hetero) is 1. The minimum atomic E-state index is -0.523. The van der Waals surface area contributed by atoms with Gasteiger partial charge in [-0.2, -0.15) is 0 Å². The molecule has 17 heavy (non-hydrogen) atoms. The van der Waals surface area contributed by atoms with Gasteiger partial charge in [-0.3, -0.25) is 9.69 Å². The fourth-order valence-corrected chi connectivity index (χ4v) is 3.07. The van der Waals surface area contributed by atoms with Gasteiger partial charge in [0.15, 0.2) is 0 Å². The Bertz CT molecular complexity index is 269. The Hall–Kier alpha value is -0.410. The molecule has 0 spiro atoms. The van der Waals surface area contributed by atoms with Crippen molar-refractivity contribution >= 4 is 5.78 Å². The Morgan fingerprint density at radius 1 is 1.24 bits per heavy atom. The number of nitrogens with zero attached hydrogens (tertiary/aromatic N) is 1. The number of likely N-dealkylation sites (tertiary alicyclic amines) is 1. The van der Waals surface area contributed by atoms with Gasteiger partial charge in [0.25, 0.3) is 0 Å². The largest absolute Gasteiger partial charge is 0.390 e. The summed E-state index contributed by atoms with van der Waals surface area (Å²) in [5.74, 6) is 0.766. The average Bonchev–Trinajstić information content (AvgIpc) is 2.73. The van der Waals surface area contributed by atoms with Crippen molar-refractivity contribution in [2.45, 2.75) is 57.5 Å². The van der Waals surface area contributed by atoms with Crippen LogP contribution >= 0.6 is 0 Å². The number of aliphatic hydroxyl groups is 1. The third-order valence-corrected chi connectivity index (χ3v) is 4.35. The molecule has 1 unspecified atom stereocenters. The van der Waals surface area contributed by atoms with Crippen molar-refractivity contribution in [3.63, 3.8) is 0 Å². The molecule has 1 aliphatic heterocycles. The summed E-state index contributed by atoms with van der Waals surface area (Å²) >= 11 is 0. The minimum absolute atomic E-state index is 0.332. The summed E-state index contributed by atoms with van der Waals surface area (Å²) in [6.45, 7) is 4.36. The molecule has 0 bridgehead atoms. The van der Waals surface area contributed by atoms with Gasteiger partial charge in [-0.15, -0.1) is 0 Å². The highest BCUT2D eigenvalue weighted by atomic mass is 16.3. The molecule has 2 rings (SSSR count). The second kappa shape index (κ2) is 5.49. The topological polar surface area (TPSA) is 40.5 Å². The van der Waals surface area contributed by atoms with E-state index in [2.05, 4.69) is 4.90 Å². The van der Waals surface area contributed by atoms with Gasteiger partial charge in [0, 0.05) is 12.5 Å². The quantitative estimate of drug-likeness (QED) is 0.818. The van der Waals surface area contributed by atoms with E-state index in [4.69, 9.17) is 0 Å². The zero-order valence-electron chi connectivity index (χ0n) is 11.0. The summed E-state index contributed by atoms with van der Waals surface area (Å²) in [7, 11) is 0. The van der Waals surface area contributed by atoms with E-state index < -0.39 is 5.60 Å². The summed E-state index contributed by atoms with van der Waals surface area (Å²) in [5.41, 5.74) is -0.523. The van der Waals surface area contributed by atoms with Gasteiger partial charge in [-0.25, -0.2) is 0 Å². The van der Waals surface area contributed by atoms with Gasteiger partial charge in [-0.1, -0.05) is 12.8 Å². The van der Waals surface area contributed by atoms with Gasteiger partial charge in [0.05, 0.1) is 12.1 Å². The zero-order valence-corrected chi connectivity index (χ0v) is 11.0. The Labute approximate surface area is 104 Å². The van der Waals surface area contributed by atoms with Crippen LogP contribution in [0.4, 0.5) is 0 Å². The third-order valence-electron chi connectivity index (χ3n) is 4.35.